The fraction of sp³-hybridized carbons (Fsp3) is 0.250. The molecule has 2 heterocycles. The van der Waals surface area contributed by atoms with E-state index in [2.05, 4.69) is 21.8 Å². The van der Waals surface area contributed by atoms with E-state index in [4.69, 9.17) is 0 Å². The van der Waals surface area contributed by atoms with E-state index >= 15 is 0 Å². The lowest BCUT2D eigenvalue weighted by atomic mass is 10.0. The lowest BCUT2D eigenvalue weighted by molar-refractivity contribution is -0.419. The van der Waals surface area contributed by atoms with Crippen LogP contribution in [-0.4, -0.2) is 18.0 Å². The van der Waals surface area contributed by atoms with Crippen LogP contribution in [0.1, 0.15) is 28.6 Å². The number of rotatable bonds is 4. The summed E-state index contributed by atoms with van der Waals surface area (Å²) < 4.78 is 4.63. The van der Waals surface area contributed by atoms with Gasteiger partial charge in [0.2, 0.25) is 0 Å². The Balaban J connectivity index is 2.79. The van der Waals surface area contributed by atoms with E-state index in [1.165, 1.54) is 7.11 Å². The molecule has 0 spiro atoms. The van der Waals surface area contributed by atoms with Gasteiger partial charge >= 0.3 is 5.97 Å². The van der Waals surface area contributed by atoms with E-state index in [0.717, 1.165) is 11.3 Å². The van der Waals surface area contributed by atoms with Crippen LogP contribution in [0.4, 0.5) is 10.7 Å². The molecule has 2 rings (SSSR count). The van der Waals surface area contributed by atoms with E-state index in [9.17, 15) is 19.8 Å². The van der Waals surface area contributed by atoms with Crippen molar-refractivity contribution in [3.63, 3.8) is 0 Å². The van der Waals surface area contributed by atoms with Gasteiger partial charge in [0, 0.05) is 0 Å². The third-order valence-corrected chi connectivity index (χ3v) is 4.15. The summed E-state index contributed by atoms with van der Waals surface area (Å²) in [5, 5.41) is 16.6. The molecule has 8 nitrogen and oxygen atoms in total. The van der Waals surface area contributed by atoms with Gasteiger partial charge in [0.1, 0.15) is 11.3 Å². The van der Waals surface area contributed by atoms with Crippen molar-refractivity contribution in [2.24, 2.45) is 5.18 Å². The van der Waals surface area contributed by atoms with Crippen molar-refractivity contribution in [2.75, 3.05) is 12.4 Å². The smallest absolute Gasteiger partial charge is 0.343 e. The second-order valence-corrected chi connectivity index (χ2v) is 5.11. The van der Waals surface area contributed by atoms with Crippen LogP contribution >= 0.6 is 11.3 Å². The maximum atomic E-state index is 11.8. The zero-order valence-electron chi connectivity index (χ0n) is 11.3. The number of anilines is 1. The van der Waals surface area contributed by atoms with Crippen LogP contribution < -0.4 is 5.32 Å². The first kappa shape index (κ1) is 14.9. The first-order chi connectivity index (χ1) is 9.96. The van der Waals surface area contributed by atoms with Crippen LogP contribution in [-0.2, 0) is 4.74 Å². The topological polar surface area (TPSA) is 111 Å². The molecule has 1 N–H and O–H groups in total. The Morgan fingerprint density at radius 1 is 1.57 bits per heavy atom. The highest BCUT2D eigenvalue weighted by molar-refractivity contribution is 7.18. The lowest BCUT2D eigenvalue weighted by Gasteiger charge is -2.18. The quantitative estimate of drug-likeness (QED) is 0.395. The van der Waals surface area contributed by atoms with Gasteiger partial charge in [-0.05, 0) is 11.6 Å². The SMILES string of the molecule is C=C1Nc2c(sc(N=O)c2C(=O)OC)C(CC)=C1[N+](=O)[O-]. The largest absolute Gasteiger partial charge is 0.465 e. The van der Waals surface area contributed by atoms with Crippen LogP contribution in [0.3, 0.4) is 0 Å². The van der Waals surface area contributed by atoms with E-state index in [0.29, 0.717) is 16.9 Å². The van der Waals surface area contributed by atoms with Gasteiger partial charge in [-0.15, -0.1) is 16.2 Å². The number of nitroso groups, excluding NO2 is 1. The van der Waals surface area contributed by atoms with Crippen molar-refractivity contribution < 1.29 is 14.5 Å². The average molecular weight is 309 g/mol. The summed E-state index contributed by atoms with van der Waals surface area (Å²) in [6.45, 7) is 5.35. The molecule has 9 heteroatoms. The molecule has 0 unspecified atom stereocenters. The van der Waals surface area contributed by atoms with Crippen molar-refractivity contribution in [1.82, 2.24) is 0 Å². The predicted molar refractivity (Wildman–Crippen MR) is 78.1 cm³/mol. The summed E-state index contributed by atoms with van der Waals surface area (Å²) in [5.74, 6) is -0.734. The fourth-order valence-corrected chi connectivity index (χ4v) is 3.29. The Morgan fingerprint density at radius 3 is 2.71 bits per heavy atom. The molecule has 0 atom stereocenters. The Kier molecular flexibility index (Phi) is 3.85. The van der Waals surface area contributed by atoms with Crippen molar-refractivity contribution in [1.29, 1.82) is 0 Å². The summed E-state index contributed by atoms with van der Waals surface area (Å²) in [7, 11) is 1.18. The highest BCUT2D eigenvalue weighted by atomic mass is 32.1. The number of hydrogen-bond donors (Lipinski definition) is 1. The predicted octanol–water partition coefficient (Wildman–Crippen LogP) is 3.27. The van der Waals surface area contributed by atoms with Crippen LogP contribution in [0.15, 0.2) is 23.1 Å². The zero-order chi connectivity index (χ0) is 15.7. The average Bonchev–Trinajstić information content (AvgIpc) is 2.82. The minimum absolute atomic E-state index is 0.0259. The molecule has 1 aliphatic heterocycles. The van der Waals surface area contributed by atoms with Crippen LogP contribution in [0.5, 0.6) is 0 Å². The molecule has 1 aromatic rings. The van der Waals surface area contributed by atoms with Gasteiger partial charge in [-0.3, -0.25) is 10.1 Å². The zero-order valence-corrected chi connectivity index (χ0v) is 12.1. The molecule has 0 radical (unpaired) electrons. The number of fused-ring (bicyclic) bond motifs is 1. The molecular formula is C12H11N3O5S. The monoisotopic (exact) mass is 309 g/mol. The van der Waals surface area contributed by atoms with Gasteiger partial charge in [-0.1, -0.05) is 13.5 Å². The van der Waals surface area contributed by atoms with E-state index in [1.807, 2.05) is 0 Å². The second-order valence-electron chi connectivity index (χ2n) is 4.11. The summed E-state index contributed by atoms with van der Waals surface area (Å²) >= 11 is 0.916. The van der Waals surface area contributed by atoms with E-state index in [-0.39, 0.29) is 27.6 Å². The van der Waals surface area contributed by atoms with Crippen molar-refractivity contribution in [2.45, 2.75) is 13.3 Å². The Hall–Kier alpha value is -2.55. The van der Waals surface area contributed by atoms with Gasteiger partial charge in [-0.25, -0.2) is 4.79 Å². The van der Waals surface area contributed by atoms with E-state index in [1.54, 1.807) is 6.92 Å². The number of nitrogens with one attached hydrogen (secondary N) is 1. The molecule has 21 heavy (non-hydrogen) atoms. The normalized spacial score (nSPS) is 13.5. The molecule has 0 saturated heterocycles. The third kappa shape index (κ3) is 2.21. The van der Waals surface area contributed by atoms with E-state index < -0.39 is 10.9 Å². The van der Waals surface area contributed by atoms with Gasteiger partial charge in [0.15, 0.2) is 5.00 Å². The van der Waals surface area contributed by atoms with Crippen molar-refractivity contribution >= 4 is 33.6 Å². The fourth-order valence-electron chi connectivity index (χ4n) is 2.15. The first-order valence-corrected chi connectivity index (χ1v) is 6.70. The molecule has 0 fully saturated rings. The van der Waals surface area contributed by atoms with Crippen LogP contribution in [0.2, 0.25) is 0 Å². The lowest BCUT2D eigenvalue weighted by Crippen LogP contribution is -2.17. The van der Waals surface area contributed by atoms with Crippen molar-refractivity contribution in [3.05, 3.63) is 43.4 Å². The number of carbonyl (C=O) groups excluding carboxylic acids is 1. The number of allylic oxidation sites excluding steroid dienone is 1. The summed E-state index contributed by atoms with van der Waals surface area (Å²) in [6.07, 6.45) is 0.351. The number of ether oxygens (including phenoxy) is 1. The number of thiophene rings is 1. The minimum atomic E-state index is -0.734. The minimum Gasteiger partial charge on any atom is -0.465 e. The summed E-state index contributed by atoms with van der Waals surface area (Å²) in [5.41, 5.74) is 0.574. The molecule has 1 aliphatic rings. The molecule has 110 valence electrons. The number of esters is 1. The molecule has 0 saturated carbocycles. The van der Waals surface area contributed by atoms with Crippen LogP contribution in [0, 0.1) is 15.0 Å². The van der Waals surface area contributed by atoms with Gasteiger partial charge in [0.05, 0.1) is 28.2 Å². The Bertz CT molecular complexity index is 704. The van der Waals surface area contributed by atoms with Crippen LogP contribution in [0.25, 0.3) is 5.57 Å². The highest BCUT2D eigenvalue weighted by Crippen LogP contribution is 2.48. The maximum Gasteiger partial charge on any atom is 0.343 e. The summed E-state index contributed by atoms with van der Waals surface area (Å²) in [4.78, 5) is 33.8. The number of methoxy groups -OCH3 is 1. The molecule has 0 amide bonds. The Morgan fingerprint density at radius 2 is 2.24 bits per heavy atom. The number of hydrogen-bond acceptors (Lipinski definition) is 8. The molecule has 0 bridgehead atoms. The van der Waals surface area contributed by atoms with Crippen molar-refractivity contribution in [3.8, 4) is 0 Å². The second kappa shape index (κ2) is 5.44. The van der Waals surface area contributed by atoms with Gasteiger partial charge in [0.25, 0.3) is 5.70 Å². The first-order valence-electron chi connectivity index (χ1n) is 5.88. The number of carbonyl (C=O) groups is 1. The highest BCUT2D eigenvalue weighted by Gasteiger charge is 2.36. The molecule has 0 aromatic carbocycles. The molecular weight excluding hydrogens is 298 g/mol. The standard InChI is InChI=1S/C12H11N3O5S/c1-4-6-9(15(18)19)5(2)13-8-7(12(16)20-3)11(14-17)21-10(6)8/h13H,2,4H2,1,3H3. The Labute approximate surface area is 123 Å². The summed E-state index contributed by atoms with van der Waals surface area (Å²) in [6, 6.07) is 0. The molecule has 0 aliphatic carbocycles. The number of nitrogens with zero attached hydrogens (tertiary/aromatic N) is 2. The maximum absolute atomic E-state index is 11.8. The third-order valence-electron chi connectivity index (χ3n) is 3.02. The van der Waals surface area contributed by atoms with Gasteiger partial charge in [-0.2, -0.15) is 0 Å². The van der Waals surface area contributed by atoms with Gasteiger partial charge < -0.3 is 10.1 Å². The molecule has 1 aromatic heterocycles. The number of nitro groups is 1.